The summed E-state index contributed by atoms with van der Waals surface area (Å²) in [5.41, 5.74) is 3.28. The maximum Gasteiger partial charge on any atom is 0.283 e. The van der Waals surface area contributed by atoms with Crippen LogP contribution in [-0.4, -0.2) is 17.1 Å². The van der Waals surface area contributed by atoms with Gasteiger partial charge in [-0.1, -0.05) is 35.9 Å². The third kappa shape index (κ3) is 2.94. The van der Waals surface area contributed by atoms with Crippen LogP contribution in [0.4, 0.5) is 0 Å². The van der Waals surface area contributed by atoms with E-state index < -0.39 is 0 Å². The lowest BCUT2D eigenvalue weighted by molar-refractivity contribution is 0.0959. The summed E-state index contributed by atoms with van der Waals surface area (Å²) < 4.78 is 0.976. The van der Waals surface area contributed by atoms with Crippen LogP contribution in [0.5, 0.6) is 0 Å². The average molecular weight is 316 g/mol. The van der Waals surface area contributed by atoms with Gasteiger partial charge in [0.25, 0.3) is 5.91 Å². The molecule has 1 amide bonds. The third-order valence-electron chi connectivity index (χ3n) is 2.81. The number of hydrogen-bond donors (Lipinski definition) is 1. The molecule has 0 saturated heterocycles. The fourth-order valence-electron chi connectivity index (χ4n) is 1.83. The molecule has 0 aliphatic rings. The van der Waals surface area contributed by atoms with Crippen LogP contribution in [0.2, 0.25) is 5.02 Å². The number of carbonyl (C=O) groups is 1. The first kappa shape index (κ1) is 13.7. The van der Waals surface area contributed by atoms with Gasteiger partial charge >= 0.3 is 0 Å². The van der Waals surface area contributed by atoms with E-state index in [1.54, 1.807) is 18.5 Å². The molecule has 2 aromatic heterocycles. The number of pyridine rings is 1. The Labute approximate surface area is 130 Å². The zero-order valence-electron chi connectivity index (χ0n) is 10.8. The molecule has 21 heavy (non-hydrogen) atoms. The van der Waals surface area contributed by atoms with Crippen LogP contribution in [0.25, 0.3) is 10.1 Å². The molecule has 1 N–H and O–H groups in total. The summed E-state index contributed by atoms with van der Waals surface area (Å²) in [6, 6.07) is 11.3. The van der Waals surface area contributed by atoms with E-state index in [1.165, 1.54) is 17.6 Å². The predicted molar refractivity (Wildman–Crippen MR) is 86.1 cm³/mol. The van der Waals surface area contributed by atoms with Gasteiger partial charge in [0.1, 0.15) is 4.88 Å². The molecule has 0 bridgehead atoms. The van der Waals surface area contributed by atoms with Crippen LogP contribution < -0.4 is 5.43 Å². The number of hydrogen-bond acceptors (Lipinski definition) is 4. The lowest BCUT2D eigenvalue weighted by Crippen LogP contribution is -2.16. The van der Waals surface area contributed by atoms with E-state index in [0.29, 0.717) is 9.90 Å². The van der Waals surface area contributed by atoms with Gasteiger partial charge in [0.15, 0.2) is 0 Å². The number of hydrazone groups is 1. The highest BCUT2D eigenvalue weighted by atomic mass is 35.5. The molecule has 0 unspecified atom stereocenters. The van der Waals surface area contributed by atoms with Gasteiger partial charge in [-0.15, -0.1) is 11.3 Å². The first-order chi connectivity index (χ1) is 10.3. The van der Waals surface area contributed by atoms with Crippen molar-refractivity contribution in [3.05, 3.63) is 64.3 Å². The van der Waals surface area contributed by atoms with Crippen molar-refractivity contribution in [2.75, 3.05) is 0 Å². The van der Waals surface area contributed by atoms with Crippen molar-refractivity contribution in [2.45, 2.75) is 0 Å². The van der Waals surface area contributed by atoms with Crippen molar-refractivity contribution < 1.29 is 4.79 Å². The summed E-state index contributed by atoms with van der Waals surface area (Å²) in [5.74, 6) is -0.318. The highest BCUT2D eigenvalue weighted by molar-refractivity contribution is 7.21. The van der Waals surface area contributed by atoms with E-state index >= 15 is 0 Å². The summed E-state index contributed by atoms with van der Waals surface area (Å²) in [6.07, 6.45) is 4.86. The lowest BCUT2D eigenvalue weighted by atomic mass is 10.2. The molecule has 4 nitrogen and oxygen atoms in total. The van der Waals surface area contributed by atoms with Gasteiger partial charge in [-0.2, -0.15) is 5.10 Å². The number of aromatic nitrogens is 1. The number of nitrogens with one attached hydrogen (secondary N) is 1. The summed E-state index contributed by atoms with van der Waals surface area (Å²) in [7, 11) is 0. The average Bonchev–Trinajstić information content (AvgIpc) is 2.86. The molecule has 0 spiro atoms. The standard InChI is InChI=1S/C15H10ClN3OS/c16-13-11-5-1-2-6-12(11)21-14(13)15(20)19-18-9-10-4-3-7-17-8-10/h1-9H,(H,19,20)/b18-9-. The Hall–Kier alpha value is -2.24. The van der Waals surface area contributed by atoms with Crippen molar-refractivity contribution in [1.82, 2.24) is 10.4 Å². The van der Waals surface area contributed by atoms with Gasteiger partial charge in [0.05, 0.1) is 11.2 Å². The second-order valence-corrected chi connectivity index (χ2v) is 5.66. The number of amides is 1. The second-order valence-electron chi connectivity index (χ2n) is 4.23. The fourth-order valence-corrected chi connectivity index (χ4v) is 3.24. The summed E-state index contributed by atoms with van der Waals surface area (Å²) in [5, 5.41) is 5.26. The molecule has 0 aliphatic carbocycles. The molecule has 3 rings (SSSR count). The first-order valence-corrected chi connectivity index (χ1v) is 7.35. The molecule has 0 atom stereocenters. The molecular weight excluding hydrogens is 306 g/mol. The number of fused-ring (bicyclic) bond motifs is 1. The van der Waals surface area contributed by atoms with Gasteiger partial charge in [-0.3, -0.25) is 9.78 Å². The summed E-state index contributed by atoms with van der Waals surface area (Å²) in [6.45, 7) is 0. The summed E-state index contributed by atoms with van der Waals surface area (Å²) >= 11 is 7.58. The Bertz CT molecular complexity index is 814. The second kappa shape index (κ2) is 6.03. The van der Waals surface area contributed by atoms with Gasteiger partial charge in [0.2, 0.25) is 0 Å². The number of thiophene rings is 1. The molecule has 0 fully saturated rings. The Morgan fingerprint density at radius 3 is 2.90 bits per heavy atom. The van der Waals surface area contributed by atoms with E-state index in [9.17, 15) is 4.79 Å². The highest BCUT2D eigenvalue weighted by Crippen LogP contribution is 2.34. The summed E-state index contributed by atoms with van der Waals surface area (Å²) in [4.78, 5) is 16.5. The predicted octanol–water partition coefficient (Wildman–Crippen LogP) is 3.71. The number of rotatable bonds is 3. The number of benzene rings is 1. The van der Waals surface area contributed by atoms with Crippen LogP contribution in [0.15, 0.2) is 53.9 Å². The van der Waals surface area contributed by atoms with Crippen LogP contribution >= 0.6 is 22.9 Å². The quantitative estimate of drug-likeness (QED) is 0.591. The minimum atomic E-state index is -0.318. The zero-order chi connectivity index (χ0) is 14.7. The number of halogens is 1. The number of carbonyl (C=O) groups excluding carboxylic acids is 1. The minimum absolute atomic E-state index is 0.318. The molecule has 3 aromatic rings. The van der Waals surface area contributed by atoms with Crippen molar-refractivity contribution in [3.8, 4) is 0 Å². The van der Waals surface area contributed by atoms with E-state index in [2.05, 4.69) is 15.5 Å². The molecular formula is C15H10ClN3OS. The first-order valence-electron chi connectivity index (χ1n) is 6.16. The molecule has 0 aliphatic heterocycles. The largest absolute Gasteiger partial charge is 0.283 e. The molecule has 0 saturated carbocycles. The van der Waals surface area contributed by atoms with Crippen LogP contribution in [0, 0.1) is 0 Å². The number of nitrogens with zero attached hydrogens (tertiary/aromatic N) is 2. The zero-order valence-corrected chi connectivity index (χ0v) is 12.4. The Morgan fingerprint density at radius 1 is 1.29 bits per heavy atom. The maximum atomic E-state index is 12.1. The minimum Gasteiger partial charge on any atom is -0.266 e. The lowest BCUT2D eigenvalue weighted by Gasteiger charge is -1.97. The van der Waals surface area contributed by atoms with Crippen molar-refractivity contribution in [1.29, 1.82) is 0 Å². The Balaban J connectivity index is 1.78. The highest BCUT2D eigenvalue weighted by Gasteiger charge is 2.16. The maximum absolute atomic E-state index is 12.1. The molecule has 6 heteroatoms. The molecule has 104 valence electrons. The van der Waals surface area contributed by atoms with E-state index in [4.69, 9.17) is 11.6 Å². The van der Waals surface area contributed by atoms with Crippen molar-refractivity contribution >= 4 is 45.1 Å². The molecule has 1 aromatic carbocycles. The van der Waals surface area contributed by atoms with Crippen LogP contribution in [0.1, 0.15) is 15.2 Å². The van der Waals surface area contributed by atoms with Crippen molar-refractivity contribution in [3.63, 3.8) is 0 Å². The normalized spacial score (nSPS) is 11.1. The van der Waals surface area contributed by atoms with Gasteiger partial charge in [-0.05, 0) is 12.1 Å². The smallest absolute Gasteiger partial charge is 0.266 e. The SMILES string of the molecule is O=C(N/N=C\c1cccnc1)c1sc2ccccc2c1Cl. The fraction of sp³-hybridized carbons (Fsp3) is 0. The van der Waals surface area contributed by atoms with Gasteiger partial charge in [-0.25, -0.2) is 5.43 Å². The van der Waals surface area contributed by atoms with E-state index in [1.807, 2.05) is 30.3 Å². The van der Waals surface area contributed by atoms with E-state index in [-0.39, 0.29) is 5.91 Å². The van der Waals surface area contributed by atoms with Crippen LogP contribution in [0.3, 0.4) is 0 Å². The Morgan fingerprint density at radius 2 is 2.14 bits per heavy atom. The van der Waals surface area contributed by atoms with Crippen molar-refractivity contribution in [2.24, 2.45) is 5.10 Å². The Kier molecular flexibility index (Phi) is 3.94. The van der Waals surface area contributed by atoms with Gasteiger partial charge in [0, 0.05) is 28.0 Å². The third-order valence-corrected chi connectivity index (χ3v) is 4.48. The molecule has 2 heterocycles. The van der Waals surface area contributed by atoms with E-state index in [0.717, 1.165) is 15.6 Å². The van der Waals surface area contributed by atoms with Crippen LogP contribution in [-0.2, 0) is 0 Å². The topological polar surface area (TPSA) is 54.4 Å². The molecule has 0 radical (unpaired) electrons. The monoisotopic (exact) mass is 315 g/mol. The van der Waals surface area contributed by atoms with Gasteiger partial charge < -0.3 is 0 Å².